The van der Waals surface area contributed by atoms with E-state index in [1.54, 1.807) is 0 Å². The normalized spacial score (nSPS) is 13.2. The molecule has 0 amide bonds. The molecule has 0 radical (unpaired) electrons. The number of hydrogen-bond acceptors (Lipinski definition) is 2. The number of anilines is 3. The quantitative estimate of drug-likeness (QED) is 0.168. The van der Waals surface area contributed by atoms with Crippen LogP contribution >= 0.6 is 0 Å². The highest BCUT2D eigenvalue weighted by Crippen LogP contribution is 2.51. The van der Waals surface area contributed by atoms with Crippen molar-refractivity contribution in [2.24, 2.45) is 0 Å². The van der Waals surface area contributed by atoms with Crippen molar-refractivity contribution in [3.63, 3.8) is 0 Å². The van der Waals surface area contributed by atoms with Crippen molar-refractivity contribution in [3.8, 4) is 22.3 Å². The number of rotatable bonds is 4. The zero-order chi connectivity index (χ0) is 37.8. The number of fused-ring (bicyclic) bond motifs is 13. The van der Waals surface area contributed by atoms with E-state index in [1.807, 2.05) is 0 Å². The number of nitrogens with zero attached hydrogens (tertiary/aromatic N) is 1. The van der Waals surface area contributed by atoms with Gasteiger partial charge in [0.2, 0.25) is 0 Å². The summed E-state index contributed by atoms with van der Waals surface area (Å²) >= 11 is 0. The van der Waals surface area contributed by atoms with Gasteiger partial charge in [-0.05, 0) is 126 Å². The Labute approximate surface area is 330 Å². The molecule has 0 bridgehead atoms. The largest absolute Gasteiger partial charge is 0.455 e. The number of para-hydroxylation sites is 1. The third kappa shape index (κ3) is 4.65. The molecule has 0 unspecified atom stereocenters. The number of furan rings is 1. The molecule has 0 atom stereocenters. The van der Waals surface area contributed by atoms with Crippen LogP contribution in [0.4, 0.5) is 17.1 Å². The summed E-state index contributed by atoms with van der Waals surface area (Å²) in [6.07, 6.45) is 0. The van der Waals surface area contributed by atoms with Gasteiger partial charge in [0, 0.05) is 38.8 Å². The lowest BCUT2D eigenvalue weighted by Crippen LogP contribution is -2.16. The Kier molecular flexibility index (Phi) is 6.72. The van der Waals surface area contributed by atoms with Gasteiger partial charge in [-0.2, -0.15) is 0 Å². The highest BCUT2D eigenvalue weighted by atomic mass is 16.3. The Balaban J connectivity index is 1.08. The second-order valence-corrected chi connectivity index (χ2v) is 16.1. The van der Waals surface area contributed by atoms with E-state index in [4.69, 9.17) is 4.42 Å². The highest BCUT2D eigenvalue weighted by molar-refractivity contribution is 6.27. The Morgan fingerprint density at radius 2 is 0.982 bits per heavy atom. The minimum absolute atomic E-state index is 0.103. The van der Waals surface area contributed by atoms with Crippen LogP contribution in [0.3, 0.4) is 0 Å². The molecule has 2 heteroatoms. The standard InChI is InChI=1S/C55H37NO/c1-55(2)50-23-13-12-22-45(50)46-28-25-38(33-51(46)55)56(36-15-4-3-5-16-36)37-26-29-52-48(32-37)49-30-34-14-6-7-17-39(34)53(54(49)57-52)35-24-27-44-42-20-9-8-18-40(42)41-19-10-11-21-43(41)47(44)31-35/h3-33H,1-2H3. The van der Waals surface area contributed by atoms with Crippen LogP contribution in [0.2, 0.25) is 0 Å². The fourth-order valence-corrected chi connectivity index (χ4v) is 9.91. The van der Waals surface area contributed by atoms with Crippen LogP contribution in [0, 0.1) is 0 Å². The maximum absolute atomic E-state index is 6.97. The van der Waals surface area contributed by atoms with Crippen LogP contribution in [0.25, 0.3) is 87.3 Å². The molecule has 0 fully saturated rings. The predicted molar refractivity (Wildman–Crippen MR) is 241 cm³/mol. The van der Waals surface area contributed by atoms with Crippen molar-refractivity contribution < 1.29 is 4.42 Å². The average molecular weight is 728 g/mol. The fourth-order valence-electron chi connectivity index (χ4n) is 9.91. The van der Waals surface area contributed by atoms with Gasteiger partial charge in [-0.3, -0.25) is 0 Å². The summed E-state index contributed by atoms with van der Waals surface area (Å²) in [7, 11) is 0. The van der Waals surface area contributed by atoms with Crippen LogP contribution in [0.1, 0.15) is 25.0 Å². The molecule has 0 saturated heterocycles. The minimum atomic E-state index is -0.103. The first-order chi connectivity index (χ1) is 28.0. The van der Waals surface area contributed by atoms with Crippen molar-refractivity contribution in [2.45, 2.75) is 19.3 Å². The first-order valence-corrected chi connectivity index (χ1v) is 19.8. The Morgan fingerprint density at radius 1 is 0.386 bits per heavy atom. The Hall–Kier alpha value is -7.16. The lowest BCUT2D eigenvalue weighted by atomic mass is 9.82. The van der Waals surface area contributed by atoms with Gasteiger partial charge >= 0.3 is 0 Å². The van der Waals surface area contributed by atoms with E-state index in [9.17, 15) is 0 Å². The zero-order valence-electron chi connectivity index (χ0n) is 31.8. The summed E-state index contributed by atoms with van der Waals surface area (Å²) in [5.41, 5.74) is 12.7. The van der Waals surface area contributed by atoms with E-state index in [-0.39, 0.29) is 5.41 Å². The molecule has 11 aromatic rings. The van der Waals surface area contributed by atoms with Crippen molar-refractivity contribution >= 4 is 82.1 Å². The lowest BCUT2D eigenvalue weighted by Gasteiger charge is -2.28. The summed E-state index contributed by atoms with van der Waals surface area (Å²) < 4.78 is 6.97. The summed E-state index contributed by atoms with van der Waals surface area (Å²) in [6, 6.07) is 68.8. The second kappa shape index (κ2) is 11.9. The van der Waals surface area contributed by atoms with Crippen molar-refractivity contribution in [3.05, 3.63) is 199 Å². The summed E-state index contributed by atoms with van der Waals surface area (Å²) in [5.74, 6) is 0. The van der Waals surface area contributed by atoms with Crippen molar-refractivity contribution in [1.82, 2.24) is 0 Å². The summed E-state index contributed by atoms with van der Waals surface area (Å²) in [4.78, 5) is 2.39. The highest BCUT2D eigenvalue weighted by Gasteiger charge is 2.35. The molecule has 0 saturated carbocycles. The first-order valence-electron chi connectivity index (χ1n) is 19.8. The van der Waals surface area contributed by atoms with E-state index in [0.29, 0.717) is 0 Å². The smallest absolute Gasteiger partial charge is 0.143 e. The molecular formula is C55H37NO. The molecule has 12 rings (SSSR count). The van der Waals surface area contributed by atoms with Gasteiger partial charge in [-0.15, -0.1) is 0 Å². The van der Waals surface area contributed by atoms with Crippen LogP contribution < -0.4 is 4.90 Å². The van der Waals surface area contributed by atoms with Gasteiger partial charge in [-0.1, -0.05) is 147 Å². The molecule has 1 aromatic heterocycles. The zero-order valence-corrected chi connectivity index (χ0v) is 31.8. The Morgan fingerprint density at radius 3 is 1.75 bits per heavy atom. The molecule has 57 heavy (non-hydrogen) atoms. The summed E-state index contributed by atoms with van der Waals surface area (Å²) in [5, 5.41) is 12.2. The van der Waals surface area contributed by atoms with Crippen LogP contribution in [0.15, 0.2) is 192 Å². The van der Waals surface area contributed by atoms with Gasteiger partial charge in [0.1, 0.15) is 11.2 Å². The molecule has 1 aliphatic rings. The minimum Gasteiger partial charge on any atom is -0.455 e. The maximum atomic E-state index is 6.97. The van der Waals surface area contributed by atoms with Gasteiger partial charge in [0.15, 0.2) is 0 Å². The molecule has 0 N–H and O–H groups in total. The fraction of sp³-hybridized carbons (Fsp3) is 0.0545. The molecule has 1 aliphatic carbocycles. The van der Waals surface area contributed by atoms with Crippen LogP contribution in [-0.2, 0) is 5.41 Å². The number of hydrogen-bond donors (Lipinski definition) is 0. The maximum Gasteiger partial charge on any atom is 0.143 e. The van der Waals surface area contributed by atoms with Crippen molar-refractivity contribution in [1.29, 1.82) is 0 Å². The average Bonchev–Trinajstić information content (AvgIpc) is 3.74. The molecule has 268 valence electrons. The molecule has 0 aliphatic heterocycles. The third-order valence-corrected chi connectivity index (χ3v) is 12.6. The lowest BCUT2D eigenvalue weighted by molar-refractivity contribution is 0.660. The molecule has 0 spiro atoms. The predicted octanol–water partition coefficient (Wildman–Crippen LogP) is 15.6. The van der Waals surface area contributed by atoms with Crippen LogP contribution in [0.5, 0.6) is 0 Å². The topological polar surface area (TPSA) is 16.4 Å². The molecule has 1 heterocycles. The molecule has 2 nitrogen and oxygen atoms in total. The second-order valence-electron chi connectivity index (χ2n) is 16.1. The van der Waals surface area contributed by atoms with Gasteiger partial charge in [0.05, 0.1) is 0 Å². The third-order valence-electron chi connectivity index (χ3n) is 12.6. The van der Waals surface area contributed by atoms with Crippen molar-refractivity contribution in [2.75, 3.05) is 4.90 Å². The number of benzene rings is 10. The SMILES string of the molecule is CC1(C)c2ccccc2-c2ccc(N(c3ccccc3)c3ccc4oc5c(-c6ccc7c8ccccc8c8ccccc8c7c6)c6ccccc6cc5c4c3)cc21. The monoisotopic (exact) mass is 727 g/mol. The molecule has 10 aromatic carbocycles. The van der Waals surface area contributed by atoms with E-state index in [0.717, 1.165) is 50.1 Å². The van der Waals surface area contributed by atoms with E-state index < -0.39 is 0 Å². The summed E-state index contributed by atoms with van der Waals surface area (Å²) in [6.45, 7) is 4.69. The van der Waals surface area contributed by atoms with Gasteiger partial charge in [0.25, 0.3) is 0 Å². The Bertz CT molecular complexity index is 3410. The molecular weight excluding hydrogens is 691 g/mol. The van der Waals surface area contributed by atoms with Gasteiger partial charge in [-0.25, -0.2) is 0 Å². The van der Waals surface area contributed by atoms with E-state index >= 15 is 0 Å². The van der Waals surface area contributed by atoms with E-state index in [1.165, 1.54) is 65.3 Å². The van der Waals surface area contributed by atoms with Crippen LogP contribution in [-0.4, -0.2) is 0 Å². The first kappa shape index (κ1) is 32.1. The van der Waals surface area contributed by atoms with Gasteiger partial charge < -0.3 is 9.32 Å². The van der Waals surface area contributed by atoms with E-state index in [2.05, 4.69) is 207 Å².